The monoisotopic (exact) mass is 359 g/mol. The van der Waals surface area contributed by atoms with Crippen molar-refractivity contribution in [2.45, 2.75) is 20.1 Å². The molecular formula is C19H19F2N3O2. The Morgan fingerprint density at radius 3 is 2.62 bits per heavy atom. The van der Waals surface area contributed by atoms with E-state index in [1.54, 1.807) is 29.1 Å². The van der Waals surface area contributed by atoms with Crippen molar-refractivity contribution in [3.8, 4) is 0 Å². The largest absolute Gasteiger partial charge is 0.465 e. The Balaban J connectivity index is 1.83. The molecule has 0 fully saturated rings. The molecule has 26 heavy (non-hydrogen) atoms. The molecule has 1 heterocycles. The van der Waals surface area contributed by atoms with Crippen molar-refractivity contribution in [1.82, 2.24) is 14.7 Å². The second kappa shape index (κ2) is 7.61. The molecule has 0 spiro atoms. The molecule has 0 unspecified atom stereocenters. The number of esters is 1. The molecule has 0 saturated carbocycles. The summed E-state index contributed by atoms with van der Waals surface area (Å²) >= 11 is 0. The third kappa shape index (κ3) is 3.57. The Morgan fingerprint density at radius 1 is 1.23 bits per heavy atom. The van der Waals surface area contributed by atoms with E-state index in [1.165, 1.54) is 25.3 Å². The first kappa shape index (κ1) is 18.0. The van der Waals surface area contributed by atoms with Gasteiger partial charge in [0.25, 0.3) is 0 Å². The van der Waals surface area contributed by atoms with E-state index in [2.05, 4.69) is 5.10 Å². The number of methoxy groups -OCH3 is 1. The second-order valence-corrected chi connectivity index (χ2v) is 5.90. The fourth-order valence-corrected chi connectivity index (χ4v) is 2.80. The molecule has 0 amide bonds. The fraction of sp³-hybridized carbons (Fsp3) is 0.263. The van der Waals surface area contributed by atoms with Crippen LogP contribution in [0, 0.1) is 11.6 Å². The molecule has 0 aliphatic carbocycles. The van der Waals surface area contributed by atoms with Crippen molar-refractivity contribution in [3.05, 3.63) is 65.4 Å². The lowest BCUT2D eigenvalue weighted by molar-refractivity contribution is 0.0601. The SMILES string of the molecule is CCN(Cc1c(F)cccc1F)Cn1ncc2cc(C(=O)OC)ccc21. The molecule has 0 bridgehead atoms. The topological polar surface area (TPSA) is 47.4 Å². The van der Waals surface area contributed by atoms with Crippen molar-refractivity contribution in [3.63, 3.8) is 0 Å². The fourth-order valence-electron chi connectivity index (χ4n) is 2.80. The number of carbonyl (C=O) groups excluding carboxylic acids is 1. The molecule has 3 aromatic rings. The number of rotatable bonds is 6. The predicted molar refractivity (Wildman–Crippen MR) is 93.5 cm³/mol. The Morgan fingerprint density at radius 2 is 1.96 bits per heavy atom. The van der Waals surface area contributed by atoms with Crippen LogP contribution in [0.1, 0.15) is 22.8 Å². The Labute approximate surface area is 149 Å². The van der Waals surface area contributed by atoms with Crippen LogP contribution in [0.25, 0.3) is 10.9 Å². The van der Waals surface area contributed by atoms with Crippen molar-refractivity contribution >= 4 is 16.9 Å². The zero-order valence-corrected chi connectivity index (χ0v) is 14.6. The number of nitrogens with zero attached hydrogens (tertiary/aromatic N) is 3. The third-order valence-electron chi connectivity index (χ3n) is 4.29. The molecule has 136 valence electrons. The minimum absolute atomic E-state index is 0.0405. The maximum Gasteiger partial charge on any atom is 0.337 e. The maximum atomic E-state index is 13.9. The van der Waals surface area contributed by atoms with Crippen LogP contribution in [-0.4, -0.2) is 34.3 Å². The maximum absolute atomic E-state index is 13.9. The summed E-state index contributed by atoms with van der Waals surface area (Å²) in [5.74, 6) is -1.53. The van der Waals surface area contributed by atoms with Crippen LogP contribution in [0.5, 0.6) is 0 Å². The summed E-state index contributed by atoms with van der Waals surface area (Å²) in [5, 5.41) is 5.12. The number of hydrogen-bond donors (Lipinski definition) is 0. The highest BCUT2D eigenvalue weighted by Gasteiger charge is 2.15. The van der Waals surface area contributed by atoms with E-state index in [1.807, 2.05) is 11.8 Å². The van der Waals surface area contributed by atoms with Gasteiger partial charge in [0.05, 0.1) is 31.1 Å². The van der Waals surface area contributed by atoms with Gasteiger partial charge in [-0.2, -0.15) is 5.10 Å². The van der Waals surface area contributed by atoms with Crippen LogP contribution < -0.4 is 0 Å². The zero-order chi connectivity index (χ0) is 18.7. The van der Waals surface area contributed by atoms with Gasteiger partial charge >= 0.3 is 5.97 Å². The lowest BCUT2D eigenvalue weighted by Gasteiger charge is -2.21. The first-order valence-corrected chi connectivity index (χ1v) is 8.22. The van der Waals surface area contributed by atoms with Gasteiger partial charge in [0.1, 0.15) is 11.6 Å². The summed E-state index contributed by atoms with van der Waals surface area (Å²) in [5.41, 5.74) is 1.31. The van der Waals surface area contributed by atoms with Crippen molar-refractivity contribution in [2.24, 2.45) is 0 Å². The summed E-state index contributed by atoms with van der Waals surface area (Å²) in [6.45, 7) is 3.01. The van der Waals surface area contributed by atoms with Crippen LogP contribution in [-0.2, 0) is 18.0 Å². The molecule has 0 N–H and O–H groups in total. The van der Waals surface area contributed by atoms with Crippen LogP contribution >= 0.6 is 0 Å². The first-order chi connectivity index (χ1) is 12.5. The smallest absolute Gasteiger partial charge is 0.337 e. The molecule has 0 atom stereocenters. The van der Waals surface area contributed by atoms with E-state index >= 15 is 0 Å². The Bertz CT molecular complexity index is 919. The van der Waals surface area contributed by atoms with Crippen molar-refractivity contribution in [2.75, 3.05) is 13.7 Å². The molecule has 5 nitrogen and oxygen atoms in total. The zero-order valence-electron chi connectivity index (χ0n) is 14.6. The van der Waals surface area contributed by atoms with Gasteiger partial charge in [-0.05, 0) is 36.9 Å². The highest BCUT2D eigenvalue weighted by atomic mass is 19.1. The van der Waals surface area contributed by atoms with Crippen LogP contribution in [0.15, 0.2) is 42.6 Å². The van der Waals surface area contributed by atoms with Gasteiger partial charge in [-0.15, -0.1) is 0 Å². The number of ether oxygens (including phenoxy) is 1. The first-order valence-electron chi connectivity index (χ1n) is 8.22. The standard InChI is InChI=1S/C19H19F2N3O2/c1-3-23(11-15-16(20)5-4-6-17(15)21)12-24-18-8-7-13(19(25)26-2)9-14(18)10-22-24/h4-10H,3,11-12H2,1-2H3. The van der Waals surface area contributed by atoms with Gasteiger partial charge in [0.15, 0.2) is 0 Å². The van der Waals surface area contributed by atoms with Gasteiger partial charge < -0.3 is 4.74 Å². The summed E-state index contributed by atoms with van der Waals surface area (Å²) in [4.78, 5) is 13.5. The van der Waals surface area contributed by atoms with E-state index < -0.39 is 17.6 Å². The summed E-state index contributed by atoms with van der Waals surface area (Å²) < 4.78 is 34.3. The second-order valence-electron chi connectivity index (χ2n) is 5.90. The van der Waals surface area contributed by atoms with Crippen LogP contribution in [0.4, 0.5) is 8.78 Å². The molecule has 2 aromatic carbocycles. The van der Waals surface area contributed by atoms with Gasteiger partial charge in [0.2, 0.25) is 0 Å². The minimum Gasteiger partial charge on any atom is -0.465 e. The van der Waals surface area contributed by atoms with Crippen LogP contribution in [0.2, 0.25) is 0 Å². The Hall–Kier alpha value is -2.80. The highest BCUT2D eigenvalue weighted by Crippen LogP contribution is 2.19. The lowest BCUT2D eigenvalue weighted by atomic mass is 10.1. The van der Waals surface area contributed by atoms with Crippen molar-refractivity contribution < 1.29 is 18.3 Å². The van der Waals surface area contributed by atoms with E-state index in [0.29, 0.717) is 18.8 Å². The third-order valence-corrected chi connectivity index (χ3v) is 4.29. The molecule has 1 aromatic heterocycles. The summed E-state index contributed by atoms with van der Waals surface area (Å²) in [7, 11) is 1.33. The quantitative estimate of drug-likeness (QED) is 0.631. The molecule has 0 aliphatic heterocycles. The molecular weight excluding hydrogens is 340 g/mol. The average Bonchev–Trinajstić information content (AvgIpc) is 3.05. The molecule has 0 radical (unpaired) electrons. The lowest BCUT2D eigenvalue weighted by Crippen LogP contribution is -2.27. The number of fused-ring (bicyclic) bond motifs is 1. The Kier molecular flexibility index (Phi) is 5.27. The predicted octanol–water partition coefficient (Wildman–Crippen LogP) is 3.58. The number of aromatic nitrogens is 2. The van der Waals surface area contributed by atoms with E-state index in [4.69, 9.17) is 4.74 Å². The number of hydrogen-bond acceptors (Lipinski definition) is 4. The molecule has 0 aliphatic rings. The number of carbonyl (C=O) groups is 1. The van der Waals surface area contributed by atoms with E-state index in [-0.39, 0.29) is 12.1 Å². The van der Waals surface area contributed by atoms with Gasteiger partial charge in [-0.1, -0.05) is 13.0 Å². The molecule has 7 heteroatoms. The molecule has 3 rings (SSSR count). The number of halogens is 2. The van der Waals surface area contributed by atoms with E-state index in [0.717, 1.165) is 10.9 Å². The highest BCUT2D eigenvalue weighted by molar-refractivity contribution is 5.94. The average molecular weight is 359 g/mol. The normalized spacial score (nSPS) is 11.3. The van der Waals surface area contributed by atoms with Crippen LogP contribution in [0.3, 0.4) is 0 Å². The summed E-state index contributed by atoms with van der Waals surface area (Å²) in [6, 6.07) is 9.01. The van der Waals surface area contributed by atoms with Gasteiger partial charge in [-0.25, -0.2) is 13.6 Å². The summed E-state index contributed by atoms with van der Waals surface area (Å²) in [6.07, 6.45) is 1.65. The van der Waals surface area contributed by atoms with Crippen molar-refractivity contribution in [1.29, 1.82) is 0 Å². The molecule has 0 saturated heterocycles. The van der Waals surface area contributed by atoms with Gasteiger partial charge in [0, 0.05) is 17.5 Å². The number of benzene rings is 2. The van der Waals surface area contributed by atoms with E-state index in [9.17, 15) is 13.6 Å². The minimum atomic E-state index is -0.559. The van der Waals surface area contributed by atoms with Gasteiger partial charge in [-0.3, -0.25) is 9.58 Å².